The molecule has 1 unspecified atom stereocenters. The van der Waals surface area contributed by atoms with Crippen molar-refractivity contribution in [2.24, 2.45) is 5.92 Å². The number of carbonyl (C=O) groups is 1. The van der Waals surface area contributed by atoms with E-state index in [0.29, 0.717) is 19.0 Å². The molecule has 0 spiro atoms. The summed E-state index contributed by atoms with van der Waals surface area (Å²) in [5, 5.41) is 3.29. The molecule has 1 amide bonds. The Labute approximate surface area is 143 Å². The summed E-state index contributed by atoms with van der Waals surface area (Å²) in [6, 6.07) is 5.11. The zero-order valence-electron chi connectivity index (χ0n) is 14.0. The lowest BCUT2D eigenvalue weighted by Gasteiger charge is -2.29. The molecule has 1 atom stereocenters. The van der Waals surface area contributed by atoms with Crippen molar-refractivity contribution in [1.82, 2.24) is 10.0 Å². The Hall–Kier alpha value is -1.44. The van der Waals surface area contributed by atoms with Gasteiger partial charge in [-0.05, 0) is 62.4 Å². The minimum absolute atomic E-state index is 0.0489. The SMILES string of the molecule is CC(=O)N1CCCc2ccc(S(=O)(=O)NCCC3CCNC3)cc21. The van der Waals surface area contributed by atoms with Gasteiger partial charge in [0, 0.05) is 25.7 Å². The van der Waals surface area contributed by atoms with Crippen LogP contribution < -0.4 is 14.9 Å². The van der Waals surface area contributed by atoms with E-state index in [4.69, 9.17) is 0 Å². The van der Waals surface area contributed by atoms with Crippen LogP contribution in [0.5, 0.6) is 0 Å². The van der Waals surface area contributed by atoms with E-state index in [2.05, 4.69) is 10.0 Å². The van der Waals surface area contributed by atoms with Gasteiger partial charge in [0.25, 0.3) is 0 Å². The number of nitrogens with zero attached hydrogens (tertiary/aromatic N) is 1. The van der Waals surface area contributed by atoms with Gasteiger partial charge in [0.15, 0.2) is 0 Å². The average Bonchev–Trinajstić information content (AvgIpc) is 3.06. The molecule has 1 aromatic carbocycles. The number of aryl methyl sites for hydroxylation is 1. The minimum atomic E-state index is -3.54. The van der Waals surface area contributed by atoms with Crippen LogP contribution in [0.3, 0.4) is 0 Å². The van der Waals surface area contributed by atoms with Crippen molar-refractivity contribution in [1.29, 1.82) is 0 Å². The summed E-state index contributed by atoms with van der Waals surface area (Å²) in [5.74, 6) is 0.497. The Kier molecular flexibility index (Phi) is 5.22. The molecule has 0 aliphatic carbocycles. The van der Waals surface area contributed by atoms with Gasteiger partial charge >= 0.3 is 0 Å². The summed E-state index contributed by atoms with van der Waals surface area (Å²) in [6.07, 6.45) is 3.73. The largest absolute Gasteiger partial charge is 0.316 e. The highest BCUT2D eigenvalue weighted by molar-refractivity contribution is 7.89. The fourth-order valence-corrected chi connectivity index (χ4v) is 4.56. The van der Waals surface area contributed by atoms with Crippen LogP contribution >= 0.6 is 0 Å². The van der Waals surface area contributed by atoms with E-state index >= 15 is 0 Å². The molecule has 1 fully saturated rings. The monoisotopic (exact) mass is 351 g/mol. The Bertz CT molecular complexity index is 712. The number of anilines is 1. The predicted octanol–water partition coefficient (Wildman–Crippen LogP) is 1.26. The van der Waals surface area contributed by atoms with Gasteiger partial charge in [0.1, 0.15) is 0 Å². The van der Waals surface area contributed by atoms with E-state index in [9.17, 15) is 13.2 Å². The van der Waals surface area contributed by atoms with Gasteiger partial charge < -0.3 is 10.2 Å². The first-order valence-electron chi connectivity index (χ1n) is 8.59. The van der Waals surface area contributed by atoms with Gasteiger partial charge in [-0.2, -0.15) is 0 Å². The number of rotatable bonds is 5. The van der Waals surface area contributed by atoms with E-state index in [1.54, 1.807) is 17.0 Å². The van der Waals surface area contributed by atoms with Gasteiger partial charge in [-0.15, -0.1) is 0 Å². The summed E-state index contributed by atoms with van der Waals surface area (Å²) >= 11 is 0. The summed E-state index contributed by atoms with van der Waals surface area (Å²) in [7, 11) is -3.54. The zero-order valence-corrected chi connectivity index (χ0v) is 14.9. The molecule has 2 aliphatic rings. The van der Waals surface area contributed by atoms with Gasteiger partial charge in [0.05, 0.1) is 4.90 Å². The summed E-state index contributed by atoms with van der Waals surface area (Å²) in [5.41, 5.74) is 1.77. The van der Waals surface area contributed by atoms with Crippen molar-refractivity contribution in [2.45, 2.75) is 37.5 Å². The Morgan fingerprint density at radius 3 is 2.96 bits per heavy atom. The Morgan fingerprint density at radius 2 is 2.25 bits per heavy atom. The molecule has 1 saturated heterocycles. The third-order valence-corrected chi connectivity index (χ3v) is 6.33. The first-order chi connectivity index (χ1) is 11.5. The Morgan fingerprint density at radius 1 is 1.42 bits per heavy atom. The Balaban J connectivity index is 1.73. The van der Waals surface area contributed by atoms with E-state index < -0.39 is 10.0 Å². The van der Waals surface area contributed by atoms with Crippen LogP contribution in [0.25, 0.3) is 0 Å². The second kappa shape index (κ2) is 7.21. The van der Waals surface area contributed by atoms with Crippen molar-refractivity contribution < 1.29 is 13.2 Å². The molecule has 1 aromatic rings. The number of hydrogen-bond acceptors (Lipinski definition) is 4. The second-order valence-electron chi connectivity index (χ2n) is 6.61. The highest BCUT2D eigenvalue weighted by atomic mass is 32.2. The molecule has 2 heterocycles. The van der Waals surface area contributed by atoms with Crippen LogP contribution in [0.15, 0.2) is 23.1 Å². The predicted molar refractivity (Wildman–Crippen MR) is 93.6 cm³/mol. The van der Waals surface area contributed by atoms with E-state index in [1.807, 2.05) is 6.07 Å². The number of nitrogens with one attached hydrogen (secondary N) is 2. The van der Waals surface area contributed by atoms with Crippen LogP contribution in [0.4, 0.5) is 5.69 Å². The smallest absolute Gasteiger partial charge is 0.240 e. The van der Waals surface area contributed by atoms with Crippen molar-refractivity contribution in [3.05, 3.63) is 23.8 Å². The van der Waals surface area contributed by atoms with Crippen LogP contribution in [-0.2, 0) is 21.2 Å². The maximum absolute atomic E-state index is 12.5. The van der Waals surface area contributed by atoms with Crippen molar-refractivity contribution >= 4 is 21.6 Å². The first kappa shape index (κ1) is 17.4. The van der Waals surface area contributed by atoms with E-state index in [-0.39, 0.29) is 10.8 Å². The summed E-state index contributed by atoms with van der Waals surface area (Å²) in [4.78, 5) is 13.7. The second-order valence-corrected chi connectivity index (χ2v) is 8.38. The number of fused-ring (bicyclic) bond motifs is 1. The van der Waals surface area contributed by atoms with Crippen molar-refractivity contribution in [3.63, 3.8) is 0 Å². The molecule has 0 bridgehead atoms. The minimum Gasteiger partial charge on any atom is -0.316 e. The first-order valence-corrected chi connectivity index (χ1v) is 10.1. The molecule has 3 rings (SSSR count). The van der Waals surface area contributed by atoms with E-state index in [1.165, 1.54) is 6.92 Å². The van der Waals surface area contributed by atoms with Gasteiger partial charge in [-0.1, -0.05) is 6.07 Å². The van der Waals surface area contributed by atoms with Crippen LogP contribution in [0, 0.1) is 5.92 Å². The van der Waals surface area contributed by atoms with Crippen LogP contribution in [-0.4, -0.2) is 40.5 Å². The fraction of sp³-hybridized carbons (Fsp3) is 0.588. The molecular formula is C17H25N3O3S. The number of carbonyl (C=O) groups excluding carboxylic acids is 1. The number of sulfonamides is 1. The maximum atomic E-state index is 12.5. The van der Waals surface area contributed by atoms with Crippen molar-refractivity contribution in [2.75, 3.05) is 31.1 Å². The van der Waals surface area contributed by atoms with Crippen molar-refractivity contribution in [3.8, 4) is 0 Å². The van der Waals surface area contributed by atoms with Gasteiger partial charge in [-0.3, -0.25) is 4.79 Å². The standard InChI is InChI=1S/C17H25N3O3S/c1-13(21)20-10-2-3-15-4-5-16(11-17(15)20)24(22,23)19-9-7-14-6-8-18-12-14/h4-5,11,14,18-19H,2-3,6-10,12H2,1H3. The van der Waals surface area contributed by atoms with Crippen LogP contribution in [0.2, 0.25) is 0 Å². The molecular weight excluding hydrogens is 326 g/mol. The quantitative estimate of drug-likeness (QED) is 0.837. The third-order valence-electron chi connectivity index (χ3n) is 4.87. The molecule has 132 valence electrons. The number of amides is 1. The maximum Gasteiger partial charge on any atom is 0.240 e. The molecule has 2 N–H and O–H groups in total. The molecule has 0 saturated carbocycles. The number of benzene rings is 1. The third kappa shape index (κ3) is 3.79. The van der Waals surface area contributed by atoms with E-state index in [0.717, 1.165) is 50.0 Å². The highest BCUT2D eigenvalue weighted by Crippen LogP contribution is 2.29. The highest BCUT2D eigenvalue weighted by Gasteiger charge is 2.23. The van der Waals surface area contributed by atoms with Gasteiger partial charge in [0.2, 0.25) is 15.9 Å². The van der Waals surface area contributed by atoms with Crippen LogP contribution in [0.1, 0.15) is 31.7 Å². The topological polar surface area (TPSA) is 78.5 Å². The molecule has 6 nitrogen and oxygen atoms in total. The normalized spacial score (nSPS) is 20.9. The molecule has 0 radical (unpaired) electrons. The lowest BCUT2D eigenvalue weighted by molar-refractivity contribution is -0.116. The molecule has 2 aliphatic heterocycles. The number of hydrogen-bond donors (Lipinski definition) is 2. The lowest BCUT2D eigenvalue weighted by atomic mass is 10.0. The lowest BCUT2D eigenvalue weighted by Crippen LogP contribution is -2.34. The molecule has 24 heavy (non-hydrogen) atoms. The summed E-state index contributed by atoms with van der Waals surface area (Å²) in [6.45, 7) is 4.59. The average molecular weight is 351 g/mol. The zero-order chi connectivity index (χ0) is 17.2. The van der Waals surface area contributed by atoms with Gasteiger partial charge in [-0.25, -0.2) is 13.1 Å². The summed E-state index contributed by atoms with van der Waals surface area (Å²) < 4.78 is 27.8. The molecule has 7 heteroatoms. The molecule has 0 aromatic heterocycles. The fourth-order valence-electron chi connectivity index (χ4n) is 3.49.